The SMILES string of the molecule is Cc1ccccc1-c1nn2c(=O)cc(CN3CCN(C(=O)Nc4cccc(Cl)c4C)CC3)nc2s1. The lowest BCUT2D eigenvalue weighted by molar-refractivity contribution is 0.142. The Bertz CT molecular complexity index is 1460. The number of hydrogen-bond donors (Lipinski definition) is 1. The van der Waals surface area contributed by atoms with E-state index in [9.17, 15) is 9.59 Å². The summed E-state index contributed by atoms with van der Waals surface area (Å²) < 4.78 is 1.37. The molecule has 0 aliphatic carbocycles. The molecule has 1 aliphatic rings. The number of nitrogens with zero attached hydrogens (tertiary/aromatic N) is 5. The van der Waals surface area contributed by atoms with E-state index in [1.165, 1.54) is 15.9 Å². The largest absolute Gasteiger partial charge is 0.322 e. The first-order valence-corrected chi connectivity index (χ1v) is 12.6. The fourth-order valence-corrected chi connectivity index (χ4v) is 5.32. The van der Waals surface area contributed by atoms with Gasteiger partial charge in [-0.15, -0.1) is 0 Å². The molecule has 2 aromatic carbocycles. The number of aryl methyl sites for hydroxylation is 1. The van der Waals surface area contributed by atoms with E-state index in [-0.39, 0.29) is 11.6 Å². The zero-order valence-electron chi connectivity index (χ0n) is 19.5. The minimum Gasteiger partial charge on any atom is -0.322 e. The number of benzene rings is 2. The topological polar surface area (TPSA) is 82.8 Å². The van der Waals surface area contributed by atoms with Crippen LogP contribution in [0.3, 0.4) is 0 Å². The Balaban J connectivity index is 1.24. The summed E-state index contributed by atoms with van der Waals surface area (Å²) in [6.45, 7) is 7.02. The number of urea groups is 1. The van der Waals surface area contributed by atoms with Gasteiger partial charge in [-0.05, 0) is 37.1 Å². The predicted octanol–water partition coefficient (Wildman–Crippen LogP) is 4.44. The number of nitrogens with one attached hydrogen (secondary N) is 1. The zero-order valence-corrected chi connectivity index (χ0v) is 21.1. The van der Waals surface area contributed by atoms with Gasteiger partial charge in [-0.1, -0.05) is 53.3 Å². The van der Waals surface area contributed by atoms with Gasteiger partial charge in [-0.25, -0.2) is 9.78 Å². The summed E-state index contributed by atoms with van der Waals surface area (Å²) in [6, 6.07) is 14.9. The Labute approximate surface area is 211 Å². The van der Waals surface area contributed by atoms with Crippen molar-refractivity contribution in [2.75, 3.05) is 31.5 Å². The first kappa shape index (κ1) is 23.5. The van der Waals surface area contributed by atoms with Crippen LogP contribution < -0.4 is 10.9 Å². The first-order valence-electron chi connectivity index (χ1n) is 11.4. The predicted molar refractivity (Wildman–Crippen MR) is 139 cm³/mol. The molecular formula is C25H25ClN6O2S. The van der Waals surface area contributed by atoms with E-state index in [4.69, 9.17) is 16.6 Å². The number of hydrogen-bond acceptors (Lipinski definition) is 6. The van der Waals surface area contributed by atoms with E-state index in [0.29, 0.717) is 48.4 Å². The van der Waals surface area contributed by atoms with Crippen LogP contribution in [-0.2, 0) is 6.54 Å². The van der Waals surface area contributed by atoms with Gasteiger partial charge in [-0.2, -0.15) is 9.61 Å². The molecule has 5 rings (SSSR count). The summed E-state index contributed by atoms with van der Waals surface area (Å²) in [5.74, 6) is 0. The second-order valence-corrected chi connectivity index (χ2v) is 9.97. The average molecular weight is 509 g/mol. The highest BCUT2D eigenvalue weighted by molar-refractivity contribution is 7.19. The van der Waals surface area contributed by atoms with Crippen molar-refractivity contribution in [3.8, 4) is 10.6 Å². The number of fused-ring (bicyclic) bond motifs is 1. The van der Waals surface area contributed by atoms with Gasteiger partial charge in [-0.3, -0.25) is 9.69 Å². The molecule has 0 atom stereocenters. The summed E-state index contributed by atoms with van der Waals surface area (Å²) in [5, 5.41) is 8.85. The number of amides is 2. The van der Waals surface area contributed by atoms with Gasteiger partial charge in [0.05, 0.1) is 5.69 Å². The summed E-state index contributed by atoms with van der Waals surface area (Å²) in [7, 11) is 0. The van der Waals surface area contributed by atoms with E-state index in [0.717, 1.165) is 27.4 Å². The summed E-state index contributed by atoms with van der Waals surface area (Å²) in [6.07, 6.45) is 0. The lowest BCUT2D eigenvalue weighted by Crippen LogP contribution is -2.49. The molecule has 0 saturated carbocycles. The van der Waals surface area contributed by atoms with Crippen LogP contribution in [0, 0.1) is 13.8 Å². The Kier molecular flexibility index (Phi) is 6.55. The highest BCUT2D eigenvalue weighted by Gasteiger charge is 2.22. The van der Waals surface area contributed by atoms with E-state index >= 15 is 0 Å². The maximum Gasteiger partial charge on any atom is 0.321 e. The second kappa shape index (κ2) is 9.77. The zero-order chi connectivity index (χ0) is 24.5. The first-order chi connectivity index (χ1) is 16.9. The quantitative estimate of drug-likeness (QED) is 0.440. The van der Waals surface area contributed by atoms with Gasteiger partial charge in [0.2, 0.25) is 4.96 Å². The highest BCUT2D eigenvalue weighted by atomic mass is 35.5. The molecule has 2 aromatic heterocycles. The number of halogens is 1. The van der Waals surface area contributed by atoms with Crippen LogP contribution in [0.4, 0.5) is 10.5 Å². The van der Waals surface area contributed by atoms with Crippen LogP contribution in [0.15, 0.2) is 53.3 Å². The van der Waals surface area contributed by atoms with Crippen molar-refractivity contribution in [2.24, 2.45) is 0 Å². The van der Waals surface area contributed by atoms with Crippen molar-refractivity contribution < 1.29 is 4.79 Å². The van der Waals surface area contributed by atoms with Crippen molar-refractivity contribution in [2.45, 2.75) is 20.4 Å². The van der Waals surface area contributed by atoms with Gasteiger partial charge in [0.15, 0.2) is 0 Å². The molecule has 3 heterocycles. The molecule has 0 spiro atoms. The maximum absolute atomic E-state index is 12.7. The number of rotatable bonds is 4. The maximum atomic E-state index is 12.7. The highest BCUT2D eigenvalue weighted by Crippen LogP contribution is 2.27. The van der Waals surface area contributed by atoms with Gasteiger partial charge in [0, 0.05) is 55.1 Å². The van der Waals surface area contributed by atoms with E-state index in [2.05, 4.69) is 15.3 Å². The Morgan fingerprint density at radius 1 is 1.09 bits per heavy atom. The van der Waals surface area contributed by atoms with Crippen molar-refractivity contribution in [3.05, 3.63) is 80.7 Å². The summed E-state index contributed by atoms with van der Waals surface area (Å²) in [5.41, 5.74) is 4.21. The molecule has 0 radical (unpaired) electrons. The molecular weight excluding hydrogens is 484 g/mol. The van der Waals surface area contributed by atoms with Crippen LogP contribution in [0.1, 0.15) is 16.8 Å². The molecule has 1 saturated heterocycles. The van der Waals surface area contributed by atoms with Crippen molar-refractivity contribution >= 4 is 39.6 Å². The summed E-state index contributed by atoms with van der Waals surface area (Å²) >= 11 is 7.58. The molecule has 2 amide bonds. The molecule has 0 unspecified atom stereocenters. The number of piperazine rings is 1. The Hall–Kier alpha value is -3.27. The van der Waals surface area contributed by atoms with Crippen LogP contribution in [0.2, 0.25) is 5.02 Å². The van der Waals surface area contributed by atoms with E-state index < -0.39 is 0 Å². The third-order valence-electron chi connectivity index (χ3n) is 6.23. The molecule has 1 N–H and O–H groups in total. The fraction of sp³-hybridized carbons (Fsp3) is 0.280. The Morgan fingerprint density at radius 2 is 1.86 bits per heavy atom. The molecule has 0 bridgehead atoms. The fourth-order valence-electron chi connectivity index (χ4n) is 4.13. The minimum absolute atomic E-state index is 0.138. The standard InChI is InChI=1S/C25H25ClN6O2S/c1-16-6-3-4-7-19(16)23-29-32-22(33)14-18(27-25(32)35-23)15-30-10-12-31(13-11-30)24(34)28-21-9-5-8-20(26)17(21)2/h3-9,14H,10-13,15H2,1-2H3,(H,28,34). The monoisotopic (exact) mass is 508 g/mol. The third kappa shape index (κ3) is 4.93. The lowest BCUT2D eigenvalue weighted by atomic mass is 10.1. The molecule has 4 aromatic rings. The molecule has 8 nitrogen and oxygen atoms in total. The summed E-state index contributed by atoms with van der Waals surface area (Å²) in [4.78, 5) is 34.7. The molecule has 1 aliphatic heterocycles. The van der Waals surface area contributed by atoms with Crippen LogP contribution in [-0.4, -0.2) is 56.6 Å². The van der Waals surface area contributed by atoms with E-state index in [1.54, 1.807) is 17.0 Å². The number of carbonyl (C=O) groups excluding carboxylic acids is 1. The van der Waals surface area contributed by atoms with Crippen molar-refractivity contribution in [1.82, 2.24) is 24.4 Å². The smallest absolute Gasteiger partial charge is 0.321 e. The third-order valence-corrected chi connectivity index (χ3v) is 7.58. The second-order valence-electron chi connectivity index (χ2n) is 8.61. The molecule has 1 fully saturated rings. The number of anilines is 1. The number of carbonyl (C=O) groups is 1. The molecule has 180 valence electrons. The Morgan fingerprint density at radius 3 is 2.63 bits per heavy atom. The molecule has 35 heavy (non-hydrogen) atoms. The average Bonchev–Trinajstić information content (AvgIpc) is 3.27. The normalized spacial score (nSPS) is 14.4. The van der Waals surface area contributed by atoms with Crippen molar-refractivity contribution in [1.29, 1.82) is 0 Å². The molecule has 10 heteroatoms. The van der Waals surface area contributed by atoms with Crippen LogP contribution in [0.25, 0.3) is 15.5 Å². The van der Waals surface area contributed by atoms with Crippen LogP contribution >= 0.6 is 22.9 Å². The minimum atomic E-state index is -0.184. The van der Waals surface area contributed by atoms with Gasteiger partial charge < -0.3 is 10.2 Å². The van der Waals surface area contributed by atoms with E-state index in [1.807, 2.05) is 50.2 Å². The van der Waals surface area contributed by atoms with Crippen molar-refractivity contribution in [3.63, 3.8) is 0 Å². The van der Waals surface area contributed by atoms with Gasteiger partial charge in [0.1, 0.15) is 5.01 Å². The lowest BCUT2D eigenvalue weighted by Gasteiger charge is -2.34. The van der Waals surface area contributed by atoms with Gasteiger partial charge >= 0.3 is 6.03 Å². The number of aromatic nitrogens is 3. The van der Waals surface area contributed by atoms with Gasteiger partial charge in [0.25, 0.3) is 5.56 Å². The van der Waals surface area contributed by atoms with Crippen LogP contribution in [0.5, 0.6) is 0 Å².